The summed E-state index contributed by atoms with van der Waals surface area (Å²) in [5.41, 5.74) is 9.66. The minimum atomic E-state index is 0.915. The Morgan fingerprint density at radius 3 is 2.06 bits per heavy atom. The normalized spacial score (nSPS) is 12.4. The van der Waals surface area contributed by atoms with E-state index < -0.39 is 0 Å². The minimum absolute atomic E-state index is 0.915. The van der Waals surface area contributed by atoms with E-state index in [9.17, 15) is 0 Å². The number of rotatable bonds is 1. The number of hydrogen-bond acceptors (Lipinski definition) is 2. The summed E-state index contributed by atoms with van der Waals surface area (Å²) in [6, 6.07) is 38.6. The second-order valence-corrected chi connectivity index (χ2v) is 9.47. The first-order valence-corrected chi connectivity index (χ1v) is 12.2. The molecule has 4 heteroatoms. The van der Waals surface area contributed by atoms with Crippen LogP contribution >= 0.6 is 0 Å². The van der Waals surface area contributed by atoms with Crippen molar-refractivity contribution in [3.63, 3.8) is 0 Å². The van der Waals surface area contributed by atoms with Crippen molar-refractivity contribution >= 4 is 71.2 Å². The van der Waals surface area contributed by atoms with E-state index in [0.717, 1.165) is 33.3 Å². The summed E-state index contributed by atoms with van der Waals surface area (Å²) in [6.45, 7) is 0. The van der Waals surface area contributed by atoms with Crippen LogP contribution in [0.2, 0.25) is 0 Å². The van der Waals surface area contributed by atoms with Gasteiger partial charge in [-0.3, -0.25) is 4.40 Å². The smallest absolute Gasteiger partial charge is 0.165 e. The molecule has 4 heterocycles. The van der Waals surface area contributed by atoms with Crippen LogP contribution in [0.25, 0.3) is 76.9 Å². The molecule has 9 rings (SSSR count). The largest absolute Gasteiger partial charge is 0.309 e. The monoisotopic (exact) mass is 458 g/mol. The molecule has 0 aliphatic heterocycles. The minimum Gasteiger partial charge on any atom is -0.309 e. The third-order valence-electron chi connectivity index (χ3n) is 7.62. The number of nitrogens with zero attached hydrogens (tertiary/aromatic N) is 4. The Balaban J connectivity index is 1.60. The van der Waals surface area contributed by atoms with Gasteiger partial charge in [-0.2, -0.15) is 0 Å². The summed E-state index contributed by atoms with van der Waals surface area (Å²) in [5, 5.41) is 6.12. The van der Waals surface area contributed by atoms with Crippen molar-refractivity contribution in [3.8, 4) is 5.69 Å². The highest BCUT2D eigenvalue weighted by Gasteiger charge is 2.23. The lowest BCUT2D eigenvalue weighted by atomic mass is 10.1. The van der Waals surface area contributed by atoms with Gasteiger partial charge >= 0.3 is 0 Å². The van der Waals surface area contributed by atoms with E-state index in [4.69, 9.17) is 9.97 Å². The Morgan fingerprint density at radius 1 is 0.472 bits per heavy atom. The highest BCUT2D eigenvalue weighted by Crippen LogP contribution is 2.43. The van der Waals surface area contributed by atoms with Gasteiger partial charge < -0.3 is 4.57 Å². The number of fused-ring (bicyclic) bond motifs is 11. The first-order valence-electron chi connectivity index (χ1n) is 12.2. The first kappa shape index (κ1) is 18.4. The zero-order chi connectivity index (χ0) is 23.4. The van der Waals surface area contributed by atoms with Gasteiger partial charge in [0.05, 0.1) is 33.1 Å². The predicted octanol–water partition coefficient (Wildman–Crippen LogP) is 7.88. The molecule has 0 aliphatic carbocycles. The van der Waals surface area contributed by atoms with Crippen molar-refractivity contribution in [2.24, 2.45) is 0 Å². The van der Waals surface area contributed by atoms with E-state index in [1.54, 1.807) is 0 Å². The molecule has 0 unspecified atom stereocenters. The highest BCUT2D eigenvalue weighted by molar-refractivity contribution is 6.30. The summed E-state index contributed by atoms with van der Waals surface area (Å²) in [5.74, 6) is 0. The SMILES string of the molecule is c1ccc(-n2c3ccccc3c3c2ccc2c4cccc5c6nc7ccccc7nc6n(c45)c23)cc1. The summed E-state index contributed by atoms with van der Waals surface area (Å²) in [7, 11) is 0. The Hall–Kier alpha value is -4.96. The fourth-order valence-electron chi connectivity index (χ4n) is 6.19. The number of benzene rings is 5. The molecule has 0 bridgehead atoms. The lowest BCUT2D eigenvalue weighted by molar-refractivity contribution is 1.18. The maximum Gasteiger partial charge on any atom is 0.165 e. The van der Waals surface area contributed by atoms with Gasteiger partial charge in [0, 0.05) is 32.6 Å². The van der Waals surface area contributed by atoms with Crippen LogP contribution in [0.4, 0.5) is 0 Å². The van der Waals surface area contributed by atoms with Crippen molar-refractivity contribution in [2.75, 3.05) is 0 Å². The van der Waals surface area contributed by atoms with Crippen molar-refractivity contribution in [3.05, 3.63) is 109 Å². The van der Waals surface area contributed by atoms with E-state index in [1.807, 2.05) is 24.3 Å². The van der Waals surface area contributed by atoms with Crippen molar-refractivity contribution in [1.82, 2.24) is 18.9 Å². The molecule has 4 aromatic heterocycles. The molecule has 9 aromatic rings. The van der Waals surface area contributed by atoms with E-state index in [0.29, 0.717) is 0 Å². The Morgan fingerprint density at radius 2 is 1.17 bits per heavy atom. The molecule has 0 saturated carbocycles. The van der Waals surface area contributed by atoms with E-state index in [2.05, 4.69) is 93.9 Å². The number of aromatic nitrogens is 4. The van der Waals surface area contributed by atoms with Gasteiger partial charge in [-0.15, -0.1) is 0 Å². The summed E-state index contributed by atoms with van der Waals surface area (Å²) in [6.07, 6.45) is 0. The van der Waals surface area contributed by atoms with Gasteiger partial charge in [-0.25, -0.2) is 9.97 Å². The van der Waals surface area contributed by atoms with Crippen LogP contribution < -0.4 is 0 Å². The maximum absolute atomic E-state index is 5.16. The molecule has 36 heavy (non-hydrogen) atoms. The van der Waals surface area contributed by atoms with Crippen molar-refractivity contribution < 1.29 is 0 Å². The van der Waals surface area contributed by atoms with Crippen molar-refractivity contribution in [1.29, 1.82) is 0 Å². The molecular weight excluding hydrogens is 440 g/mol. The van der Waals surface area contributed by atoms with Crippen LogP contribution in [0.3, 0.4) is 0 Å². The van der Waals surface area contributed by atoms with Crippen LogP contribution in [0.1, 0.15) is 0 Å². The standard InChI is InChI=1S/C32H18N4/c1-2-9-19(10-3-1)35-26-16-7-4-11-22(26)28-27(35)18-17-21-20-12-8-13-23-29-32(36(30(20)23)31(21)28)34-25-15-6-5-14-24(25)33-29/h1-18H. The average molecular weight is 459 g/mol. The average Bonchev–Trinajstić information content (AvgIpc) is 3.56. The lowest BCUT2D eigenvalue weighted by Gasteiger charge is -2.07. The Kier molecular flexibility index (Phi) is 3.25. The van der Waals surface area contributed by atoms with E-state index >= 15 is 0 Å². The van der Waals surface area contributed by atoms with Gasteiger partial charge in [-0.05, 0) is 36.4 Å². The van der Waals surface area contributed by atoms with Crippen LogP contribution in [0, 0.1) is 0 Å². The third-order valence-corrected chi connectivity index (χ3v) is 7.62. The van der Waals surface area contributed by atoms with Gasteiger partial charge in [0.2, 0.25) is 0 Å². The summed E-state index contributed by atoms with van der Waals surface area (Å²) < 4.78 is 4.73. The second-order valence-electron chi connectivity index (χ2n) is 9.47. The van der Waals surface area contributed by atoms with E-state index in [-0.39, 0.29) is 0 Å². The molecule has 4 nitrogen and oxygen atoms in total. The zero-order valence-electron chi connectivity index (χ0n) is 19.2. The number of hydrogen-bond donors (Lipinski definition) is 0. The van der Waals surface area contributed by atoms with Crippen molar-refractivity contribution in [2.45, 2.75) is 0 Å². The van der Waals surface area contributed by atoms with Gasteiger partial charge in [-0.1, -0.05) is 72.8 Å². The molecule has 0 N–H and O–H groups in total. The van der Waals surface area contributed by atoms with Crippen LogP contribution in [-0.2, 0) is 0 Å². The highest BCUT2D eigenvalue weighted by atomic mass is 15.0. The first-order chi connectivity index (χ1) is 17.9. The van der Waals surface area contributed by atoms with Gasteiger partial charge in [0.1, 0.15) is 5.52 Å². The maximum atomic E-state index is 5.16. The predicted molar refractivity (Wildman–Crippen MR) is 149 cm³/mol. The van der Waals surface area contributed by atoms with Crippen LogP contribution in [-0.4, -0.2) is 18.9 Å². The van der Waals surface area contributed by atoms with E-state index in [1.165, 1.54) is 43.6 Å². The van der Waals surface area contributed by atoms with Crippen LogP contribution in [0.15, 0.2) is 109 Å². The number of para-hydroxylation sites is 5. The third kappa shape index (κ3) is 2.11. The molecule has 0 radical (unpaired) electrons. The summed E-state index contributed by atoms with van der Waals surface area (Å²) in [4.78, 5) is 10.2. The fourth-order valence-corrected chi connectivity index (χ4v) is 6.19. The Labute approximate surface area is 205 Å². The Bertz CT molecular complexity index is 2310. The zero-order valence-corrected chi connectivity index (χ0v) is 19.2. The molecule has 0 atom stereocenters. The topological polar surface area (TPSA) is 35.1 Å². The summed E-state index contributed by atoms with van der Waals surface area (Å²) >= 11 is 0. The molecule has 0 fully saturated rings. The van der Waals surface area contributed by atoms with Gasteiger partial charge in [0.15, 0.2) is 5.65 Å². The molecule has 0 aliphatic rings. The molecule has 0 spiro atoms. The molecule has 0 amide bonds. The quantitative estimate of drug-likeness (QED) is 0.251. The fraction of sp³-hybridized carbons (Fsp3) is 0. The second kappa shape index (κ2) is 6.37. The van der Waals surface area contributed by atoms with Crippen LogP contribution in [0.5, 0.6) is 0 Å². The molecule has 5 aromatic carbocycles. The molecule has 0 saturated heterocycles. The molecular formula is C32H18N4. The lowest BCUT2D eigenvalue weighted by Crippen LogP contribution is -1.93. The van der Waals surface area contributed by atoms with Gasteiger partial charge in [0.25, 0.3) is 0 Å². The molecule has 166 valence electrons.